The Kier molecular flexibility index (Phi) is 27.2. The molecule has 1 aliphatic heterocycles. The van der Waals surface area contributed by atoms with Gasteiger partial charge in [0.05, 0.1) is 0 Å². The molecule has 4 unspecified atom stereocenters. The second-order valence-electron chi connectivity index (χ2n) is 18.1. The van der Waals surface area contributed by atoms with Crippen LogP contribution in [0.4, 0.5) is 0 Å². The number of nitrogens with zero attached hydrogens (tertiary/aromatic N) is 2. The van der Waals surface area contributed by atoms with E-state index in [2.05, 4.69) is 82.6 Å². The number of hydrogen-bond donors (Lipinski definition) is 14. The van der Waals surface area contributed by atoms with Crippen molar-refractivity contribution < 1.29 is 43.2 Å². The van der Waals surface area contributed by atoms with Crippen LogP contribution in [0.15, 0.2) is 70.8 Å². The maximum atomic E-state index is 14.2. The molecular formula is C50H76N16O9S. The fraction of sp³-hybridized carbons (Fsp3) is 0.500. The lowest BCUT2D eigenvalue weighted by molar-refractivity contribution is -0.135. The molecule has 19 N–H and O–H groups in total. The van der Waals surface area contributed by atoms with Crippen molar-refractivity contribution in [3.05, 3.63) is 71.9 Å². The molecule has 25 nitrogen and oxygen atoms in total. The molecule has 1 aliphatic rings. The van der Waals surface area contributed by atoms with Gasteiger partial charge < -0.3 is 76.2 Å². The Hall–Kier alpha value is -7.90. The van der Waals surface area contributed by atoms with E-state index in [4.69, 9.17) is 28.7 Å². The number of H-pyrrole nitrogens is 1. The van der Waals surface area contributed by atoms with Gasteiger partial charge in [-0.25, -0.2) is 0 Å². The number of aromatic amines is 1. The highest BCUT2D eigenvalue weighted by Gasteiger charge is 2.34. The van der Waals surface area contributed by atoms with Crippen LogP contribution in [0.5, 0.6) is 0 Å². The number of hydrogen-bond acceptors (Lipinski definition) is 12. The van der Waals surface area contributed by atoms with Gasteiger partial charge in [-0.3, -0.25) is 53.1 Å². The third-order valence-electron chi connectivity index (χ3n) is 11.9. The summed E-state index contributed by atoms with van der Waals surface area (Å²) in [6.45, 7) is 4.82. The molecule has 0 aliphatic carbocycles. The Morgan fingerprint density at radius 2 is 1.34 bits per heavy atom. The molecular weight excluding hydrogens is 1000 g/mol. The highest BCUT2D eigenvalue weighted by atomic mass is 32.2. The number of amides is 9. The fourth-order valence-corrected chi connectivity index (χ4v) is 8.27. The summed E-state index contributed by atoms with van der Waals surface area (Å²) < 4.78 is 0. The van der Waals surface area contributed by atoms with E-state index in [0.29, 0.717) is 11.3 Å². The lowest BCUT2D eigenvalue weighted by Crippen LogP contribution is -2.60. The topological polar surface area (TPSA) is 420 Å². The number of primary amides is 1. The van der Waals surface area contributed by atoms with Gasteiger partial charge in [0, 0.05) is 56.5 Å². The van der Waals surface area contributed by atoms with E-state index in [1.54, 1.807) is 36.6 Å². The second kappa shape index (κ2) is 33.1. The number of aryl methyl sites for hydroxylation is 1. The molecule has 1 saturated heterocycles. The van der Waals surface area contributed by atoms with Crippen LogP contribution in [0, 0.1) is 6.92 Å². The molecule has 0 saturated carbocycles. The van der Waals surface area contributed by atoms with Gasteiger partial charge in [0.2, 0.25) is 53.2 Å². The van der Waals surface area contributed by atoms with Gasteiger partial charge in [-0.15, -0.1) is 0 Å². The summed E-state index contributed by atoms with van der Waals surface area (Å²) in [7, 11) is 0. The first-order chi connectivity index (χ1) is 36.2. The maximum Gasteiger partial charge on any atom is 0.243 e. The summed E-state index contributed by atoms with van der Waals surface area (Å²) >= 11 is 1.39. The van der Waals surface area contributed by atoms with Gasteiger partial charge in [-0.05, 0) is 94.4 Å². The van der Waals surface area contributed by atoms with Crippen molar-refractivity contribution in [1.82, 2.24) is 47.5 Å². The predicted molar refractivity (Wildman–Crippen MR) is 292 cm³/mol. The van der Waals surface area contributed by atoms with E-state index in [-0.39, 0.29) is 95.8 Å². The third-order valence-corrected chi connectivity index (χ3v) is 12.5. The minimum absolute atomic E-state index is 0.0170. The van der Waals surface area contributed by atoms with Crippen molar-refractivity contribution in [2.75, 3.05) is 31.6 Å². The summed E-state index contributed by atoms with van der Waals surface area (Å²) in [6.07, 6.45) is 4.09. The molecule has 1 aromatic heterocycles. The lowest BCUT2D eigenvalue weighted by Gasteiger charge is -2.27. The largest absolute Gasteiger partial charge is 0.370 e. The molecule has 26 heteroatoms. The first-order valence-electron chi connectivity index (χ1n) is 25.0. The van der Waals surface area contributed by atoms with Gasteiger partial charge >= 0.3 is 0 Å². The molecule has 4 rings (SSSR count). The van der Waals surface area contributed by atoms with E-state index < -0.39 is 95.5 Å². The summed E-state index contributed by atoms with van der Waals surface area (Å²) in [5, 5.41) is 22.3. The van der Waals surface area contributed by atoms with E-state index in [1.807, 2.05) is 12.3 Å². The van der Waals surface area contributed by atoms with Gasteiger partial charge in [0.15, 0.2) is 11.9 Å². The number of carbonyl (C=O) groups is 9. The van der Waals surface area contributed by atoms with Crippen LogP contribution in [0.3, 0.4) is 0 Å². The summed E-state index contributed by atoms with van der Waals surface area (Å²) in [5.41, 5.74) is 30.5. The predicted octanol–water partition coefficient (Wildman–Crippen LogP) is -1.83. The molecule has 2 aromatic carbocycles. The van der Waals surface area contributed by atoms with Crippen molar-refractivity contribution in [3.63, 3.8) is 0 Å². The Labute approximate surface area is 446 Å². The summed E-state index contributed by atoms with van der Waals surface area (Å²) in [6, 6.07) is 8.24. The number of aliphatic imine (C=N–C) groups is 2. The van der Waals surface area contributed by atoms with Crippen LogP contribution < -0.4 is 71.2 Å². The first kappa shape index (κ1) is 62.4. The number of nitrogens with two attached hydrogens (primary N) is 5. The van der Waals surface area contributed by atoms with Crippen LogP contribution >= 0.6 is 11.8 Å². The number of para-hydroxylation sites is 1. The number of carbonyl (C=O) groups excluding carboxylic acids is 9. The van der Waals surface area contributed by atoms with Crippen LogP contribution in [-0.2, 0) is 49.6 Å². The van der Waals surface area contributed by atoms with Crippen LogP contribution in [0.2, 0.25) is 0 Å². The van der Waals surface area contributed by atoms with E-state index in [1.165, 1.54) is 42.1 Å². The Balaban J connectivity index is 0.00000134. The Bertz CT molecular complexity index is 2480. The fourth-order valence-electron chi connectivity index (χ4n) is 7.80. The van der Waals surface area contributed by atoms with E-state index in [9.17, 15) is 43.2 Å². The zero-order valence-electron chi connectivity index (χ0n) is 43.6. The van der Waals surface area contributed by atoms with Crippen LogP contribution in [-0.4, -0.2) is 144 Å². The number of fused-ring (bicyclic) bond motifs is 1. The van der Waals surface area contributed by atoms with Crippen molar-refractivity contribution in [3.8, 4) is 0 Å². The molecule has 9 amide bonds. The van der Waals surface area contributed by atoms with Crippen molar-refractivity contribution in [1.29, 1.82) is 0 Å². The quantitative estimate of drug-likeness (QED) is 0.0402. The molecule has 7 atom stereocenters. The molecule has 0 spiro atoms. The number of rotatable bonds is 17. The van der Waals surface area contributed by atoms with Gasteiger partial charge in [-0.2, -0.15) is 11.8 Å². The third kappa shape index (κ3) is 23.1. The smallest absolute Gasteiger partial charge is 0.243 e. The highest BCUT2D eigenvalue weighted by molar-refractivity contribution is 7.98. The maximum absolute atomic E-state index is 14.2. The zero-order chi connectivity index (χ0) is 56.2. The number of aromatic nitrogens is 1. The molecule has 0 radical (unpaired) electrons. The normalized spacial score (nSPS) is 20.7. The highest BCUT2D eigenvalue weighted by Crippen LogP contribution is 2.16. The molecule has 2 heterocycles. The zero-order valence-corrected chi connectivity index (χ0v) is 44.4. The van der Waals surface area contributed by atoms with Crippen LogP contribution in [0.1, 0.15) is 82.8 Å². The van der Waals surface area contributed by atoms with E-state index in [0.717, 1.165) is 0 Å². The van der Waals surface area contributed by atoms with E-state index >= 15 is 0 Å². The number of benzene rings is 2. The van der Waals surface area contributed by atoms with Gasteiger partial charge in [0.25, 0.3) is 0 Å². The average molecular weight is 1080 g/mol. The Morgan fingerprint density at radius 1 is 0.737 bits per heavy atom. The SMILES string of the molecule is CSCC[C@@H]1NC(=O)C(NC(=O)[C@H](CCCN=C(N)N)NC(C)=O)CCCC(=O)NCCC(C(N)=O)NC(=O)[C@H](C)NC(=O)C(CCCN=C(N)N)NC(=O)C(Cc2ccccc2)NC1=O.Cc1c[nH]c2ccccc12. The van der Waals surface area contributed by atoms with Crippen molar-refractivity contribution >= 4 is 87.7 Å². The average Bonchev–Trinajstić information content (AvgIpc) is 3.75. The molecule has 76 heavy (non-hydrogen) atoms. The summed E-state index contributed by atoms with van der Waals surface area (Å²) in [4.78, 5) is 132. The Morgan fingerprint density at radius 3 is 1.99 bits per heavy atom. The molecule has 3 aromatic rings. The van der Waals surface area contributed by atoms with Gasteiger partial charge in [0.1, 0.15) is 42.3 Å². The first-order valence-corrected chi connectivity index (χ1v) is 26.4. The molecule has 416 valence electrons. The van der Waals surface area contributed by atoms with Crippen molar-refractivity contribution in [2.24, 2.45) is 38.7 Å². The van der Waals surface area contributed by atoms with Gasteiger partial charge in [-0.1, -0.05) is 48.5 Å². The monoisotopic (exact) mass is 1080 g/mol. The second-order valence-corrected chi connectivity index (χ2v) is 19.1. The summed E-state index contributed by atoms with van der Waals surface area (Å²) in [5.74, 6) is -6.51. The standard InChI is InChI=1S/C41H67N15O9S.C9H9N/c1-23-34(60)52-26(33(42)59)16-20-47-32(58)15-7-12-28(53-36(62)27(51-24(2)57)13-8-18-48-40(43)44)37(63)55-30(17-21-66-3)38(64)56-31(22-25-10-5-4-6-11-25)39(65)54-29(35(61)50-23)14-9-19-49-41(45)46;1-7-6-10-9-5-3-2-4-8(7)9/h4-6,10-11,23,26-31H,7-9,12-22H2,1-3H3,(H2,42,59)(H,47,58)(H,50,61)(H,51,57)(H,52,60)(H,53,62)(H,54,65)(H,55,63)(H,56,64)(H4,43,44,48)(H4,45,46,49);2-6,10H,1H3/t23-,26?,27-,28?,29?,30-,31?;/m0./s1. The lowest BCUT2D eigenvalue weighted by atomic mass is 10.0. The van der Waals surface area contributed by atoms with Crippen molar-refractivity contribution in [2.45, 2.75) is 127 Å². The number of guanidine groups is 2. The number of nitrogens with one attached hydrogen (secondary N) is 9. The minimum Gasteiger partial charge on any atom is -0.370 e. The molecule has 1 fully saturated rings. The minimum atomic E-state index is -1.33. The molecule has 0 bridgehead atoms. The number of thioether (sulfide) groups is 1. The van der Waals surface area contributed by atoms with Crippen LogP contribution in [0.25, 0.3) is 10.9 Å².